The number of nitrogens with zero attached hydrogens (tertiary/aromatic N) is 2. The SMILES string of the molecule is CCC1CCN(CCN2CCCC2)C(CN)C1. The van der Waals surface area contributed by atoms with Gasteiger partial charge in [-0.2, -0.15) is 0 Å². The van der Waals surface area contributed by atoms with Gasteiger partial charge in [0.05, 0.1) is 0 Å². The lowest BCUT2D eigenvalue weighted by Gasteiger charge is -2.39. The first-order valence-electron chi connectivity index (χ1n) is 7.50. The van der Waals surface area contributed by atoms with Gasteiger partial charge in [-0.3, -0.25) is 4.90 Å². The Morgan fingerprint density at radius 1 is 1.12 bits per heavy atom. The Balaban J connectivity index is 1.74. The van der Waals surface area contributed by atoms with Gasteiger partial charge in [-0.15, -0.1) is 0 Å². The number of nitrogens with two attached hydrogens (primary N) is 1. The summed E-state index contributed by atoms with van der Waals surface area (Å²) in [6, 6.07) is 0.649. The Kier molecular flexibility index (Phi) is 5.26. The molecule has 2 unspecified atom stereocenters. The first-order chi connectivity index (χ1) is 8.33. The predicted octanol–water partition coefficient (Wildman–Crippen LogP) is 1.53. The maximum Gasteiger partial charge on any atom is 0.0221 e. The van der Waals surface area contributed by atoms with E-state index in [1.807, 2.05) is 0 Å². The fraction of sp³-hybridized carbons (Fsp3) is 1.00. The molecule has 0 bridgehead atoms. The normalized spacial score (nSPS) is 32.1. The van der Waals surface area contributed by atoms with Gasteiger partial charge in [0, 0.05) is 25.7 Å². The third-order valence-corrected chi connectivity index (χ3v) is 4.70. The second kappa shape index (κ2) is 6.72. The summed E-state index contributed by atoms with van der Waals surface area (Å²) in [5, 5.41) is 0. The van der Waals surface area contributed by atoms with Crippen LogP contribution in [-0.2, 0) is 0 Å². The van der Waals surface area contributed by atoms with Crippen LogP contribution in [0.5, 0.6) is 0 Å². The first kappa shape index (κ1) is 13.3. The summed E-state index contributed by atoms with van der Waals surface area (Å²) < 4.78 is 0. The van der Waals surface area contributed by atoms with E-state index >= 15 is 0 Å². The van der Waals surface area contributed by atoms with Crippen LogP contribution in [0, 0.1) is 5.92 Å². The molecule has 2 atom stereocenters. The highest BCUT2D eigenvalue weighted by atomic mass is 15.2. The van der Waals surface area contributed by atoms with E-state index in [1.165, 1.54) is 64.8 Å². The summed E-state index contributed by atoms with van der Waals surface area (Å²) in [5.41, 5.74) is 5.94. The van der Waals surface area contributed by atoms with Crippen LogP contribution in [0.4, 0.5) is 0 Å². The average molecular weight is 239 g/mol. The molecule has 3 nitrogen and oxygen atoms in total. The van der Waals surface area contributed by atoms with Crippen molar-refractivity contribution < 1.29 is 0 Å². The van der Waals surface area contributed by atoms with Crippen molar-refractivity contribution in [2.45, 2.75) is 45.1 Å². The van der Waals surface area contributed by atoms with E-state index in [4.69, 9.17) is 5.73 Å². The molecule has 2 aliphatic heterocycles. The minimum Gasteiger partial charge on any atom is -0.329 e. The lowest BCUT2D eigenvalue weighted by Crippen LogP contribution is -2.48. The zero-order valence-electron chi connectivity index (χ0n) is 11.4. The number of rotatable bonds is 5. The zero-order chi connectivity index (χ0) is 12.1. The van der Waals surface area contributed by atoms with Gasteiger partial charge in [0.2, 0.25) is 0 Å². The van der Waals surface area contributed by atoms with Crippen LogP contribution in [0.15, 0.2) is 0 Å². The van der Waals surface area contributed by atoms with Crippen LogP contribution in [0.25, 0.3) is 0 Å². The maximum atomic E-state index is 5.94. The summed E-state index contributed by atoms with van der Waals surface area (Å²) in [6.45, 7) is 9.56. The molecule has 3 heteroatoms. The highest BCUT2D eigenvalue weighted by molar-refractivity contribution is 4.82. The van der Waals surface area contributed by atoms with Crippen molar-refractivity contribution in [1.82, 2.24) is 9.80 Å². The van der Waals surface area contributed by atoms with Gasteiger partial charge in [-0.05, 0) is 51.2 Å². The molecule has 0 aromatic carbocycles. The van der Waals surface area contributed by atoms with Gasteiger partial charge in [0.15, 0.2) is 0 Å². The highest BCUT2D eigenvalue weighted by Crippen LogP contribution is 2.24. The molecule has 0 radical (unpaired) electrons. The Bertz CT molecular complexity index is 214. The van der Waals surface area contributed by atoms with Crippen LogP contribution in [0.3, 0.4) is 0 Å². The van der Waals surface area contributed by atoms with Gasteiger partial charge in [-0.1, -0.05) is 13.3 Å². The second-order valence-corrected chi connectivity index (χ2v) is 5.77. The lowest BCUT2D eigenvalue weighted by molar-refractivity contribution is 0.103. The number of likely N-dealkylation sites (tertiary alicyclic amines) is 2. The van der Waals surface area contributed by atoms with Gasteiger partial charge < -0.3 is 10.6 Å². The smallest absolute Gasteiger partial charge is 0.0221 e. The van der Waals surface area contributed by atoms with Gasteiger partial charge in [0.1, 0.15) is 0 Å². The maximum absolute atomic E-state index is 5.94. The van der Waals surface area contributed by atoms with E-state index in [-0.39, 0.29) is 0 Å². The molecule has 17 heavy (non-hydrogen) atoms. The summed E-state index contributed by atoms with van der Waals surface area (Å²) in [6.07, 6.45) is 6.84. The second-order valence-electron chi connectivity index (χ2n) is 5.77. The third kappa shape index (κ3) is 3.67. The van der Waals surface area contributed by atoms with Crippen molar-refractivity contribution in [2.24, 2.45) is 11.7 Å². The first-order valence-corrected chi connectivity index (χ1v) is 7.50. The molecule has 0 aromatic heterocycles. The molecule has 0 aliphatic carbocycles. The van der Waals surface area contributed by atoms with Crippen LogP contribution in [0.1, 0.15) is 39.0 Å². The molecule has 2 fully saturated rings. The van der Waals surface area contributed by atoms with E-state index in [0.717, 1.165) is 12.5 Å². The van der Waals surface area contributed by atoms with Crippen LogP contribution in [0.2, 0.25) is 0 Å². The minimum absolute atomic E-state index is 0.649. The van der Waals surface area contributed by atoms with E-state index in [2.05, 4.69) is 16.7 Å². The van der Waals surface area contributed by atoms with Crippen LogP contribution >= 0.6 is 0 Å². The fourth-order valence-corrected chi connectivity index (χ4v) is 3.37. The van der Waals surface area contributed by atoms with E-state index < -0.39 is 0 Å². The van der Waals surface area contributed by atoms with Crippen molar-refractivity contribution >= 4 is 0 Å². The Morgan fingerprint density at radius 3 is 2.53 bits per heavy atom. The van der Waals surface area contributed by atoms with Gasteiger partial charge >= 0.3 is 0 Å². The predicted molar refractivity (Wildman–Crippen MR) is 73.1 cm³/mol. The van der Waals surface area contributed by atoms with Crippen LogP contribution in [-0.4, -0.2) is 55.1 Å². The lowest BCUT2D eigenvalue weighted by atomic mass is 9.89. The number of hydrogen-bond donors (Lipinski definition) is 1. The summed E-state index contributed by atoms with van der Waals surface area (Å²) >= 11 is 0. The van der Waals surface area contributed by atoms with Gasteiger partial charge in [-0.25, -0.2) is 0 Å². The zero-order valence-corrected chi connectivity index (χ0v) is 11.4. The molecule has 0 amide bonds. The van der Waals surface area contributed by atoms with Crippen molar-refractivity contribution in [3.05, 3.63) is 0 Å². The summed E-state index contributed by atoms with van der Waals surface area (Å²) in [4.78, 5) is 5.25. The Labute approximate surface area is 106 Å². The molecule has 2 N–H and O–H groups in total. The molecular weight excluding hydrogens is 210 g/mol. The standard InChI is InChI=1S/C14H29N3/c1-2-13-5-8-17(14(11-13)12-15)10-9-16-6-3-4-7-16/h13-14H,2-12,15H2,1H3. The Hall–Kier alpha value is -0.120. The van der Waals surface area contributed by atoms with E-state index in [1.54, 1.807) is 0 Å². The quantitative estimate of drug-likeness (QED) is 0.790. The molecule has 0 saturated carbocycles. The molecule has 2 rings (SSSR count). The van der Waals surface area contributed by atoms with E-state index in [0.29, 0.717) is 6.04 Å². The van der Waals surface area contributed by atoms with Crippen molar-refractivity contribution in [3.8, 4) is 0 Å². The van der Waals surface area contributed by atoms with Crippen LogP contribution < -0.4 is 5.73 Å². The highest BCUT2D eigenvalue weighted by Gasteiger charge is 2.26. The molecule has 2 saturated heterocycles. The average Bonchev–Trinajstić information content (AvgIpc) is 2.89. The number of hydrogen-bond acceptors (Lipinski definition) is 3. The summed E-state index contributed by atoms with van der Waals surface area (Å²) in [5.74, 6) is 0.923. The van der Waals surface area contributed by atoms with Crippen molar-refractivity contribution in [3.63, 3.8) is 0 Å². The summed E-state index contributed by atoms with van der Waals surface area (Å²) in [7, 11) is 0. The van der Waals surface area contributed by atoms with E-state index in [9.17, 15) is 0 Å². The monoisotopic (exact) mass is 239 g/mol. The van der Waals surface area contributed by atoms with Crippen molar-refractivity contribution in [2.75, 3.05) is 39.3 Å². The number of piperidine rings is 1. The minimum atomic E-state index is 0.649. The molecular formula is C14H29N3. The van der Waals surface area contributed by atoms with Crippen molar-refractivity contribution in [1.29, 1.82) is 0 Å². The molecule has 100 valence electrons. The molecule has 0 aromatic rings. The molecule has 2 aliphatic rings. The largest absolute Gasteiger partial charge is 0.329 e. The Morgan fingerprint density at radius 2 is 1.88 bits per heavy atom. The fourth-order valence-electron chi connectivity index (χ4n) is 3.37. The molecule has 2 heterocycles. The van der Waals surface area contributed by atoms with Gasteiger partial charge in [0.25, 0.3) is 0 Å². The topological polar surface area (TPSA) is 32.5 Å². The molecule has 0 spiro atoms. The third-order valence-electron chi connectivity index (χ3n) is 4.70.